The van der Waals surface area contributed by atoms with E-state index in [1.165, 1.54) is 30.8 Å². The van der Waals surface area contributed by atoms with E-state index in [2.05, 4.69) is 21.6 Å². The summed E-state index contributed by atoms with van der Waals surface area (Å²) >= 11 is 1.47. The van der Waals surface area contributed by atoms with Gasteiger partial charge in [-0.3, -0.25) is 0 Å². The lowest BCUT2D eigenvalue weighted by Gasteiger charge is -2.15. The van der Waals surface area contributed by atoms with Crippen molar-refractivity contribution in [2.75, 3.05) is 5.32 Å². The van der Waals surface area contributed by atoms with Gasteiger partial charge in [0.25, 0.3) is 0 Å². The lowest BCUT2D eigenvalue weighted by molar-refractivity contribution is 0.556. The summed E-state index contributed by atoms with van der Waals surface area (Å²) in [7, 11) is 0. The Morgan fingerprint density at radius 1 is 1.46 bits per heavy atom. The van der Waals surface area contributed by atoms with Crippen LogP contribution >= 0.6 is 11.5 Å². The first-order valence-electron chi connectivity index (χ1n) is 4.82. The third-order valence-corrected chi connectivity index (χ3v) is 3.44. The van der Waals surface area contributed by atoms with Crippen molar-refractivity contribution in [1.29, 1.82) is 0 Å². The van der Waals surface area contributed by atoms with Gasteiger partial charge in [0, 0.05) is 17.6 Å². The van der Waals surface area contributed by atoms with E-state index in [4.69, 9.17) is 0 Å². The fourth-order valence-corrected chi connectivity index (χ4v) is 2.51. The molecule has 0 saturated heterocycles. The van der Waals surface area contributed by atoms with Crippen molar-refractivity contribution < 1.29 is 0 Å². The summed E-state index contributed by atoms with van der Waals surface area (Å²) in [5.74, 6) is 1.65. The molecule has 72 valence electrons. The second-order valence-electron chi connectivity index (χ2n) is 3.81. The highest BCUT2D eigenvalue weighted by atomic mass is 32.1. The van der Waals surface area contributed by atoms with E-state index in [1.807, 2.05) is 6.92 Å². The largest absolute Gasteiger partial charge is 0.357 e. The Morgan fingerprint density at radius 3 is 2.85 bits per heavy atom. The van der Waals surface area contributed by atoms with Crippen molar-refractivity contribution in [3.05, 3.63) is 5.82 Å². The topological polar surface area (TPSA) is 37.8 Å². The molecule has 0 aliphatic heterocycles. The molecule has 1 aliphatic rings. The van der Waals surface area contributed by atoms with Gasteiger partial charge >= 0.3 is 0 Å². The first kappa shape index (κ1) is 8.94. The van der Waals surface area contributed by atoms with E-state index < -0.39 is 0 Å². The molecule has 0 aromatic carbocycles. The minimum absolute atomic E-state index is 0.618. The van der Waals surface area contributed by atoms with Crippen LogP contribution in [0.4, 0.5) is 5.13 Å². The summed E-state index contributed by atoms with van der Waals surface area (Å²) in [6.45, 7) is 4.23. The van der Waals surface area contributed by atoms with Crippen molar-refractivity contribution in [3.63, 3.8) is 0 Å². The highest BCUT2D eigenvalue weighted by Crippen LogP contribution is 2.28. The number of rotatable bonds is 2. The van der Waals surface area contributed by atoms with E-state index in [0.717, 1.165) is 16.9 Å². The maximum Gasteiger partial charge on any atom is 0.202 e. The van der Waals surface area contributed by atoms with Crippen LogP contribution in [-0.4, -0.2) is 15.4 Å². The molecule has 13 heavy (non-hydrogen) atoms. The van der Waals surface area contributed by atoms with Crippen molar-refractivity contribution in [3.8, 4) is 0 Å². The molecule has 1 N–H and O–H groups in total. The summed E-state index contributed by atoms with van der Waals surface area (Å²) in [6, 6.07) is 0.618. The second-order valence-corrected chi connectivity index (χ2v) is 4.56. The Labute approximate surface area is 82.8 Å². The predicted octanol–water partition coefficient (Wildman–Crippen LogP) is 2.45. The molecule has 2 rings (SSSR count). The summed E-state index contributed by atoms with van der Waals surface area (Å²) in [5.41, 5.74) is 0. The van der Waals surface area contributed by atoms with Crippen LogP contribution in [0.1, 0.15) is 32.0 Å². The smallest absolute Gasteiger partial charge is 0.202 e. The van der Waals surface area contributed by atoms with E-state index in [9.17, 15) is 0 Å². The minimum Gasteiger partial charge on any atom is -0.357 e. The SMILES string of the molecule is Cc1nsc(NC2CCCC2C)n1. The Kier molecular flexibility index (Phi) is 2.49. The molecule has 2 unspecified atom stereocenters. The fraction of sp³-hybridized carbons (Fsp3) is 0.778. The summed E-state index contributed by atoms with van der Waals surface area (Å²) in [5, 5.41) is 4.44. The summed E-state index contributed by atoms with van der Waals surface area (Å²) in [6.07, 6.45) is 3.96. The van der Waals surface area contributed by atoms with Gasteiger partial charge in [0.2, 0.25) is 5.13 Å². The highest BCUT2D eigenvalue weighted by Gasteiger charge is 2.23. The number of aromatic nitrogens is 2. The standard InChI is InChI=1S/C9H15N3S/c1-6-4-3-5-8(6)11-9-10-7(2)12-13-9/h6,8H,3-5H2,1-2H3,(H,10,11,12). The number of hydrogen-bond donors (Lipinski definition) is 1. The van der Waals surface area contributed by atoms with Gasteiger partial charge < -0.3 is 5.32 Å². The monoisotopic (exact) mass is 197 g/mol. The average molecular weight is 197 g/mol. The number of nitrogens with zero attached hydrogens (tertiary/aromatic N) is 2. The molecule has 1 fully saturated rings. The Morgan fingerprint density at radius 2 is 2.31 bits per heavy atom. The van der Waals surface area contributed by atoms with Gasteiger partial charge in [0.05, 0.1) is 0 Å². The van der Waals surface area contributed by atoms with Crippen molar-refractivity contribution in [2.45, 2.75) is 39.2 Å². The number of hydrogen-bond acceptors (Lipinski definition) is 4. The molecule has 0 radical (unpaired) electrons. The van der Waals surface area contributed by atoms with Crippen molar-refractivity contribution in [1.82, 2.24) is 9.36 Å². The van der Waals surface area contributed by atoms with Crippen LogP contribution in [0, 0.1) is 12.8 Å². The molecule has 1 aromatic heterocycles. The van der Waals surface area contributed by atoms with E-state index in [-0.39, 0.29) is 0 Å². The number of anilines is 1. The van der Waals surface area contributed by atoms with Crippen LogP contribution in [0.3, 0.4) is 0 Å². The molecule has 1 heterocycles. The molecule has 0 spiro atoms. The second kappa shape index (κ2) is 3.62. The molecular weight excluding hydrogens is 182 g/mol. The van der Waals surface area contributed by atoms with Crippen LogP contribution in [0.25, 0.3) is 0 Å². The molecule has 1 aromatic rings. The molecule has 0 amide bonds. The highest BCUT2D eigenvalue weighted by molar-refractivity contribution is 7.09. The van der Waals surface area contributed by atoms with Crippen molar-refractivity contribution >= 4 is 16.7 Å². The maximum atomic E-state index is 4.30. The zero-order valence-electron chi connectivity index (χ0n) is 8.08. The van der Waals surface area contributed by atoms with Gasteiger partial charge in [-0.1, -0.05) is 13.3 Å². The average Bonchev–Trinajstić information content (AvgIpc) is 2.64. The van der Waals surface area contributed by atoms with Crippen LogP contribution < -0.4 is 5.32 Å². The van der Waals surface area contributed by atoms with Gasteiger partial charge in [0.15, 0.2) is 0 Å². The van der Waals surface area contributed by atoms with Crippen LogP contribution in [-0.2, 0) is 0 Å². The quantitative estimate of drug-likeness (QED) is 0.791. The van der Waals surface area contributed by atoms with E-state index in [0.29, 0.717) is 6.04 Å². The number of nitrogens with one attached hydrogen (secondary N) is 1. The third-order valence-electron chi connectivity index (χ3n) is 2.70. The third kappa shape index (κ3) is 1.99. The van der Waals surface area contributed by atoms with Gasteiger partial charge in [0.1, 0.15) is 5.82 Å². The normalized spacial score (nSPS) is 27.8. The molecule has 1 saturated carbocycles. The molecule has 2 atom stereocenters. The Hall–Kier alpha value is -0.640. The molecule has 1 aliphatic carbocycles. The zero-order valence-corrected chi connectivity index (χ0v) is 8.90. The predicted molar refractivity (Wildman–Crippen MR) is 55.1 cm³/mol. The van der Waals surface area contributed by atoms with Gasteiger partial charge in [-0.2, -0.15) is 4.37 Å². The van der Waals surface area contributed by atoms with Crippen LogP contribution in [0.5, 0.6) is 0 Å². The molecule has 4 heteroatoms. The van der Waals surface area contributed by atoms with Gasteiger partial charge in [-0.15, -0.1) is 0 Å². The van der Waals surface area contributed by atoms with E-state index >= 15 is 0 Å². The molecule has 0 bridgehead atoms. The maximum absolute atomic E-state index is 4.30. The van der Waals surface area contributed by atoms with E-state index in [1.54, 1.807) is 0 Å². The fourth-order valence-electron chi connectivity index (χ4n) is 1.87. The van der Waals surface area contributed by atoms with Gasteiger partial charge in [-0.25, -0.2) is 4.98 Å². The molecular formula is C9H15N3S. The van der Waals surface area contributed by atoms with Crippen LogP contribution in [0.2, 0.25) is 0 Å². The van der Waals surface area contributed by atoms with Crippen LogP contribution in [0.15, 0.2) is 0 Å². The Balaban J connectivity index is 1.97. The lowest BCUT2D eigenvalue weighted by atomic mass is 10.1. The van der Waals surface area contributed by atoms with Gasteiger partial charge in [-0.05, 0) is 25.7 Å². The zero-order chi connectivity index (χ0) is 9.26. The first-order valence-corrected chi connectivity index (χ1v) is 5.60. The minimum atomic E-state index is 0.618. The first-order chi connectivity index (χ1) is 6.25. The lowest BCUT2D eigenvalue weighted by Crippen LogP contribution is -2.21. The molecule has 3 nitrogen and oxygen atoms in total. The van der Waals surface area contributed by atoms with Crippen molar-refractivity contribution in [2.24, 2.45) is 5.92 Å². The summed E-state index contributed by atoms with van der Waals surface area (Å²) < 4.78 is 4.15. The number of aryl methyl sites for hydroxylation is 1. The summed E-state index contributed by atoms with van der Waals surface area (Å²) in [4.78, 5) is 4.30. The Bertz CT molecular complexity index is 284.